The van der Waals surface area contributed by atoms with Crippen molar-refractivity contribution < 1.29 is 4.79 Å². The summed E-state index contributed by atoms with van der Waals surface area (Å²) in [6.45, 7) is 3.12. The Morgan fingerprint density at radius 3 is 3.07 bits per heavy atom. The Bertz CT molecular complexity index is 325. The van der Waals surface area contributed by atoms with Crippen molar-refractivity contribution in [2.24, 2.45) is 0 Å². The molecule has 82 valence electrons. The number of thiophene rings is 1. The summed E-state index contributed by atoms with van der Waals surface area (Å²) < 4.78 is 0. The van der Waals surface area contributed by atoms with E-state index in [4.69, 9.17) is 0 Å². The molecule has 1 unspecified atom stereocenters. The van der Waals surface area contributed by atoms with Crippen LogP contribution in [0.4, 0.5) is 0 Å². The summed E-state index contributed by atoms with van der Waals surface area (Å²) >= 11 is 1.59. The second-order valence-electron chi connectivity index (χ2n) is 4.20. The maximum absolute atomic E-state index is 12.4. The summed E-state index contributed by atoms with van der Waals surface area (Å²) in [5.74, 6) is 0.295. The number of ketones is 1. The SMILES string of the molecule is CCCC1(C(=O)c2ccsc2)CCCN1. The zero-order valence-electron chi connectivity index (χ0n) is 9.08. The van der Waals surface area contributed by atoms with E-state index in [1.165, 1.54) is 0 Å². The average molecular weight is 223 g/mol. The topological polar surface area (TPSA) is 29.1 Å². The van der Waals surface area contributed by atoms with Crippen molar-refractivity contribution in [3.63, 3.8) is 0 Å². The summed E-state index contributed by atoms with van der Waals surface area (Å²) in [4.78, 5) is 12.4. The molecule has 1 atom stereocenters. The molecule has 2 nitrogen and oxygen atoms in total. The Morgan fingerprint density at radius 2 is 2.53 bits per heavy atom. The monoisotopic (exact) mass is 223 g/mol. The largest absolute Gasteiger partial charge is 0.305 e. The maximum Gasteiger partial charge on any atom is 0.183 e. The Labute approximate surface area is 94.7 Å². The van der Waals surface area contributed by atoms with Crippen LogP contribution in [0.1, 0.15) is 43.0 Å². The summed E-state index contributed by atoms with van der Waals surface area (Å²) in [5, 5.41) is 7.35. The lowest BCUT2D eigenvalue weighted by molar-refractivity contribution is 0.0858. The van der Waals surface area contributed by atoms with E-state index in [-0.39, 0.29) is 5.54 Å². The van der Waals surface area contributed by atoms with E-state index in [2.05, 4.69) is 12.2 Å². The molecule has 1 fully saturated rings. The molecular weight excluding hydrogens is 206 g/mol. The number of carbonyl (C=O) groups is 1. The van der Waals surface area contributed by atoms with Gasteiger partial charge in [0.2, 0.25) is 0 Å². The highest BCUT2D eigenvalue weighted by Crippen LogP contribution is 2.29. The highest BCUT2D eigenvalue weighted by molar-refractivity contribution is 7.08. The fourth-order valence-corrected chi connectivity index (χ4v) is 3.06. The number of hydrogen-bond donors (Lipinski definition) is 1. The standard InChI is InChI=1S/C12H17NOS/c1-2-5-12(6-3-7-13-12)11(14)10-4-8-15-9-10/h4,8-9,13H,2-3,5-7H2,1H3. The number of Topliss-reactive ketones (excluding diaryl/α,β-unsaturated/α-hetero) is 1. The molecule has 1 saturated heterocycles. The van der Waals surface area contributed by atoms with Crippen molar-refractivity contribution in [3.8, 4) is 0 Å². The Morgan fingerprint density at radius 1 is 1.67 bits per heavy atom. The van der Waals surface area contributed by atoms with Crippen molar-refractivity contribution in [1.82, 2.24) is 5.32 Å². The van der Waals surface area contributed by atoms with Gasteiger partial charge in [-0.2, -0.15) is 11.3 Å². The van der Waals surface area contributed by atoms with Crippen molar-refractivity contribution in [3.05, 3.63) is 22.4 Å². The molecule has 3 heteroatoms. The van der Waals surface area contributed by atoms with Crippen LogP contribution in [0, 0.1) is 0 Å². The lowest BCUT2D eigenvalue weighted by Gasteiger charge is -2.27. The summed E-state index contributed by atoms with van der Waals surface area (Å²) in [6.07, 6.45) is 4.13. The third kappa shape index (κ3) is 1.99. The minimum atomic E-state index is -0.254. The van der Waals surface area contributed by atoms with E-state index < -0.39 is 0 Å². The van der Waals surface area contributed by atoms with E-state index in [1.807, 2.05) is 16.8 Å². The zero-order chi connectivity index (χ0) is 10.7. The van der Waals surface area contributed by atoms with Crippen LogP contribution in [0.25, 0.3) is 0 Å². The molecule has 15 heavy (non-hydrogen) atoms. The molecule has 0 aromatic carbocycles. The minimum Gasteiger partial charge on any atom is -0.305 e. The number of carbonyl (C=O) groups excluding carboxylic acids is 1. The van der Waals surface area contributed by atoms with Gasteiger partial charge >= 0.3 is 0 Å². The molecule has 1 aromatic rings. The predicted molar refractivity (Wildman–Crippen MR) is 63.5 cm³/mol. The molecule has 1 N–H and O–H groups in total. The number of hydrogen-bond acceptors (Lipinski definition) is 3. The van der Waals surface area contributed by atoms with Gasteiger partial charge in [-0.15, -0.1) is 0 Å². The van der Waals surface area contributed by atoms with E-state index in [9.17, 15) is 4.79 Å². The van der Waals surface area contributed by atoms with Gasteiger partial charge in [0.15, 0.2) is 5.78 Å². The highest BCUT2D eigenvalue weighted by Gasteiger charge is 2.40. The predicted octanol–water partition coefficient (Wildman–Crippen LogP) is 2.85. The van der Waals surface area contributed by atoms with Crippen molar-refractivity contribution in [2.45, 2.75) is 38.1 Å². The van der Waals surface area contributed by atoms with Gasteiger partial charge in [-0.05, 0) is 37.3 Å². The minimum absolute atomic E-state index is 0.254. The second-order valence-corrected chi connectivity index (χ2v) is 4.98. The van der Waals surface area contributed by atoms with Gasteiger partial charge in [-0.1, -0.05) is 13.3 Å². The number of rotatable bonds is 4. The molecule has 0 spiro atoms. The van der Waals surface area contributed by atoms with Crippen molar-refractivity contribution in [2.75, 3.05) is 6.54 Å². The fraction of sp³-hybridized carbons (Fsp3) is 0.583. The van der Waals surface area contributed by atoms with Crippen molar-refractivity contribution >= 4 is 17.1 Å². The third-order valence-corrected chi connectivity index (χ3v) is 3.82. The van der Waals surface area contributed by atoms with Crippen LogP contribution in [0.2, 0.25) is 0 Å². The summed E-state index contributed by atoms with van der Waals surface area (Å²) in [6, 6.07) is 1.93. The fourth-order valence-electron chi connectivity index (χ4n) is 2.42. The van der Waals surface area contributed by atoms with E-state index in [0.717, 1.165) is 37.8 Å². The van der Waals surface area contributed by atoms with E-state index in [1.54, 1.807) is 11.3 Å². The molecule has 0 aliphatic carbocycles. The molecule has 0 saturated carbocycles. The third-order valence-electron chi connectivity index (χ3n) is 3.14. The van der Waals surface area contributed by atoms with Gasteiger partial charge in [-0.25, -0.2) is 0 Å². The molecule has 1 aromatic heterocycles. The van der Waals surface area contributed by atoms with Crippen LogP contribution in [0.3, 0.4) is 0 Å². The molecule has 0 radical (unpaired) electrons. The van der Waals surface area contributed by atoms with Gasteiger partial charge in [-0.3, -0.25) is 4.79 Å². The first kappa shape index (κ1) is 10.8. The summed E-state index contributed by atoms with van der Waals surface area (Å²) in [7, 11) is 0. The molecule has 0 amide bonds. The maximum atomic E-state index is 12.4. The first-order valence-electron chi connectivity index (χ1n) is 5.60. The van der Waals surface area contributed by atoms with E-state index >= 15 is 0 Å². The lowest BCUT2D eigenvalue weighted by Crippen LogP contribution is -2.47. The normalized spacial score (nSPS) is 25.7. The molecule has 2 heterocycles. The Balaban J connectivity index is 2.21. The van der Waals surface area contributed by atoms with Crippen LogP contribution >= 0.6 is 11.3 Å². The second kappa shape index (κ2) is 4.45. The quantitative estimate of drug-likeness (QED) is 0.795. The Hall–Kier alpha value is -0.670. The van der Waals surface area contributed by atoms with Gasteiger partial charge in [0.25, 0.3) is 0 Å². The molecule has 2 rings (SSSR count). The molecule has 0 bridgehead atoms. The Kier molecular flexibility index (Phi) is 3.22. The van der Waals surface area contributed by atoms with Gasteiger partial charge < -0.3 is 5.32 Å². The van der Waals surface area contributed by atoms with Gasteiger partial charge in [0, 0.05) is 10.9 Å². The first-order valence-corrected chi connectivity index (χ1v) is 6.55. The number of nitrogens with one attached hydrogen (secondary N) is 1. The first-order chi connectivity index (χ1) is 7.28. The van der Waals surface area contributed by atoms with Crippen LogP contribution in [-0.4, -0.2) is 17.9 Å². The van der Waals surface area contributed by atoms with Crippen LogP contribution in [-0.2, 0) is 0 Å². The van der Waals surface area contributed by atoms with Crippen LogP contribution in [0.5, 0.6) is 0 Å². The lowest BCUT2D eigenvalue weighted by atomic mass is 9.85. The van der Waals surface area contributed by atoms with Gasteiger partial charge in [0.1, 0.15) is 0 Å². The summed E-state index contributed by atoms with van der Waals surface area (Å²) in [5.41, 5.74) is 0.623. The van der Waals surface area contributed by atoms with Crippen molar-refractivity contribution in [1.29, 1.82) is 0 Å². The van der Waals surface area contributed by atoms with E-state index in [0.29, 0.717) is 5.78 Å². The van der Waals surface area contributed by atoms with Crippen LogP contribution < -0.4 is 5.32 Å². The molecule has 1 aliphatic heterocycles. The smallest absolute Gasteiger partial charge is 0.183 e. The zero-order valence-corrected chi connectivity index (χ0v) is 9.90. The van der Waals surface area contributed by atoms with Crippen LogP contribution in [0.15, 0.2) is 16.8 Å². The molecular formula is C12H17NOS. The molecule has 1 aliphatic rings. The van der Waals surface area contributed by atoms with Gasteiger partial charge in [0.05, 0.1) is 5.54 Å². The average Bonchev–Trinajstić information content (AvgIpc) is 2.88. The highest BCUT2D eigenvalue weighted by atomic mass is 32.1.